The summed E-state index contributed by atoms with van der Waals surface area (Å²) in [6.45, 7) is 2.46. The van der Waals surface area contributed by atoms with E-state index in [1.165, 1.54) is 6.21 Å². The van der Waals surface area contributed by atoms with E-state index in [1.807, 2.05) is 30.1 Å². The van der Waals surface area contributed by atoms with Gasteiger partial charge in [0.1, 0.15) is 11.4 Å². The van der Waals surface area contributed by atoms with Crippen molar-refractivity contribution in [3.05, 3.63) is 56.4 Å². The number of H-pyrrole nitrogens is 2. The van der Waals surface area contributed by atoms with Crippen molar-refractivity contribution in [2.24, 2.45) is 5.10 Å². The third kappa shape index (κ3) is 5.20. The zero-order valence-corrected chi connectivity index (χ0v) is 13.0. The van der Waals surface area contributed by atoms with Crippen LogP contribution in [-0.4, -0.2) is 33.9 Å². The van der Waals surface area contributed by atoms with Gasteiger partial charge in [0, 0.05) is 12.8 Å². The van der Waals surface area contributed by atoms with Crippen LogP contribution in [0.3, 0.4) is 0 Å². The Morgan fingerprint density at radius 2 is 2.25 bits per heavy atom. The molecule has 0 saturated heterocycles. The maximum Gasteiger partial charge on any atom is 0.342 e. The minimum absolute atomic E-state index is 0.0124. The van der Waals surface area contributed by atoms with Crippen molar-refractivity contribution in [3.8, 4) is 5.75 Å². The van der Waals surface area contributed by atoms with E-state index in [2.05, 4.69) is 20.7 Å². The first-order valence-corrected chi connectivity index (χ1v) is 7.31. The maximum atomic E-state index is 11.7. The highest BCUT2D eigenvalue weighted by Gasteiger charge is 2.06. The Kier molecular flexibility index (Phi) is 6.01. The van der Waals surface area contributed by atoms with Crippen molar-refractivity contribution in [1.29, 1.82) is 0 Å². The Morgan fingerprint density at radius 3 is 3.00 bits per heavy atom. The topological polar surface area (TPSA) is 129 Å². The second-order valence-corrected chi connectivity index (χ2v) is 4.75. The van der Waals surface area contributed by atoms with Gasteiger partial charge >= 0.3 is 5.69 Å². The van der Waals surface area contributed by atoms with Gasteiger partial charge in [-0.25, -0.2) is 15.3 Å². The smallest absolute Gasteiger partial charge is 0.342 e. The molecule has 9 heteroatoms. The molecule has 2 aromatic rings. The molecule has 9 nitrogen and oxygen atoms in total. The lowest BCUT2D eigenvalue weighted by Gasteiger charge is -2.03. The van der Waals surface area contributed by atoms with Crippen LogP contribution in [0.25, 0.3) is 0 Å². The van der Waals surface area contributed by atoms with E-state index >= 15 is 0 Å². The number of hydrogen-bond acceptors (Lipinski definition) is 6. The summed E-state index contributed by atoms with van der Waals surface area (Å²) in [5.41, 5.74) is 1.92. The molecule has 0 bridgehead atoms. The van der Waals surface area contributed by atoms with Crippen LogP contribution in [0, 0.1) is 0 Å². The van der Waals surface area contributed by atoms with Gasteiger partial charge in [-0.2, -0.15) is 10.2 Å². The average Bonchev–Trinajstić information content (AvgIpc) is 2.55. The molecule has 0 unspecified atom stereocenters. The highest BCUT2D eigenvalue weighted by atomic mass is 16.5. The fraction of sp³-hybridized carbons (Fsp3) is 0.267. The molecule has 2 rings (SSSR count). The van der Waals surface area contributed by atoms with Crippen LogP contribution in [-0.2, 0) is 11.2 Å². The minimum atomic E-state index is -0.688. The summed E-state index contributed by atoms with van der Waals surface area (Å²) in [7, 11) is 0. The average molecular weight is 331 g/mol. The van der Waals surface area contributed by atoms with Gasteiger partial charge in [0.05, 0.1) is 12.8 Å². The van der Waals surface area contributed by atoms with Gasteiger partial charge in [-0.1, -0.05) is 12.1 Å². The van der Waals surface area contributed by atoms with Crippen LogP contribution in [0.4, 0.5) is 0 Å². The molecular weight excluding hydrogens is 314 g/mol. The van der Waals surface area contributed by atoms with E-state index in [4.69, 9.17) is 4.74 Å². The fourth-order valence-electron chi connectivity index (χ4n) is 1.86. The third-order valence-electron chi connectivity index (χ3n) is 2.94. The molecule has 0 aliphatic carbocycles. The summed E-state index contributed by atoms with van der Waals surface area (Å²) in [5.74, 6) is 0.343. The summed E-state index contributed by atoms with van der Waals surface area (Å²) in [6.07, 6.45) is 1.59. The van der Waals surface area contributed by atoms with Crippen LogP contribution in [0.15, 0.2) is 39.0 Å². The molecular formula is C15H17N5O4. The molecule has 0 atom stereocenters. The molecule has 0 saturated carbocycles. The molecule has 0 spiro atoms. The van der Waals surface area contributed by atoms with Gasteiger partial charge in [0.25, 0.3) is 5.56 Å². The Morgan fingerprint density at radius 1 is 1.42 bits per heavy atom. The number of nitrogens with one attached hydrogen (secondary N) is 3. The number of amides is 1. The van der Waals surface area contributed by atoms with Gasteiger partial charge in [-0.3, -0.25) is 14.6 Å². The van der Waals surface area contributed by atoms with Crippen LogP contribution in [0.1, 0.15) is 24.6 Å². The zero-order chi connectivity index (χ0) is 17.4. The standard InChI is InChI=1S/C15H17N5O4/c1-2-24-11-5-3-4-10(8-11)9-16-19-13(21)7-6-12-14(22)17-15(23)20-18-12/h3-5,8-9H,2,6-7H2,1H3,(H,19,21)(H2,17,20,22,23)/b16-9+. The Bertz CT molecular complexity index is 840. The highest BCUT2D eigenvalue weighted by Crippen LogP contribution is 2.11. The fourth-order valence-corrected chi connectivity index (χ4v) is 1.86. The SMILES string of the molecule is CCOc1cccc(/C=N/NC(=O)CCc2n[nH]c(=O)[nH]c2=O)c1. The van der Waals surface area contributed by atoms with E-state index in [0.29, 0.717) is 6.61 Å². The summed E-state index contributed by atoms with van der Waals surface area (Å²) < 4.78 is 5.37. The van der Waals surface area contributed by atoms with Crippen molar-refractivity contribution in [1.82, 2.24) is 20.6 Å². The molecule has 0 aliphatic heterocycles. The molecule has 24 heavy (non-hydrogen) atoms. The number of aromatic nitrogens is 3. The highest BCUT2D eigenvalue weighted by molar-refractivity contribution is 5.82. The monoisotopic (exact) mass is 331 g/mol. The second kappa shape index (κ2) is 8.42. The van der Waals surface area contributed by atoms with E-state index in [-0.39, 0.29) is 24.4 Å². The normalized spacial score (nSPS) is 10.7. The first-order valence-electron chi connectivity index (χ1n) is 7.31. The van der Waals surface area contributed by atoms with Crippen molar-refractivity contribution >= 4 is 12.1 Å². The van der Waals surface area contributed by atoms with Crippen molar-refractivity contribution < 1.29 is 9.53 Å². The largest absolute Gasteiger partial charge is 0.494 e. The number of nitrogens with zero attached hydrogens (tertiary/aromatic N) is 2. The molecule has 1 heterocycles. The van der Waals surface area contributed by atoms with Crippen LogP contribution < -0.4 is 21.4 Å². The number of rotatable bonds is 7. The van der Waals surface area contributed by atoms with E-state index in [0.717, 1.165) is 11.3 Å². The van der Waals surface area contributed by atoms with Gasteiger partial charge in [0.15, 0.2) is 0 Å². The number of aromatic amines is 2. The number of hydrazone groups is 1. The van der Waals surface area contributed by atoms with E-state index in [9.17, 15) is 14.4 Å². The lowest BCUT2D eigenvalue weighted by atomic mass is 10.2. The van der Waals surface area contributed by atoms with Gasteiger partial charge in [0.2, 0.25) is 5.91 Å². The number of carbonyl (C=O) groups excluding carboxylic acids is 1. The Balaban J connectivity index is 1.85. The molecule has 0 aliphatic rings. The molecule has 0 fully saturated rings. The van der Waals surface area contributed by atoms with E-state index < -0.39 is 11.2 Å². The van der Waals surface area contributed by atoms with E-state index in [1.54, 1.807) is 6.07 Å². The van der Waals surface area contributed by atoms with Crippen molar-refractivity contribution in [2.45, 2.75) is 19.8 Å². The Hall–Kier alpha value is -3.23. The molecule has 3 N–H and O–H groups in total. The summed E-state index contributed by atoms with van der Waals surface area (Å²) in [5, 5.41) is 9.55. The molecule has 1 aromatic carbocycles. The van der Waals surface area contributed by atoms with Gasteiger partial charge in [-0.15, -0.1) is 0 Å². The predicted octanol–water partition coefficient (Wildman–Crippen LogP) is -0.0602. The zero-order valence-electron chi connectivity index (χ0n) is 13.0. The second-order valence-electron chi connectivity index (χ2n) is 4.75. The third-order valence-corrected chi connectivity index (χ3v) is 2.94. The lowest BCUT2D eigenvalue weighted by Crippen LogP contribution is -2.28. The minimum Gasteiger partial charge on any atom is -0.494 e. The number of carbonyl (C=O) groups is 1. The molecule has 126 valence electrons. The first-order chi connectivity index (χ1) is 11.6. The van der Waals surface area contributed by atoms with Gasteiger partial charge < -0.3 is 4.74 Å². The molecule has 1 aromatic heterocycles. The molecule has 0 radical (unpaired) electrons. The summed E-state index contributed by atoms with van der Waals surface area (Å²) in [4.78, 5) is 36.0. The van der Waals surface area contributed by atoms with Crippen LogP contribution in [0.5, 0.6) is 5.75 Å². The van der Waals surface area contributed by atoms with Crippen molar-refractivity contribution in [2.75, 3.05) is 6.61 Å². The quantitative estimate of drug-likeness (QED) is 0.483. The molecule has 1 amide bonds. The maximum absolute atomic E-state index is 11.7. The van der Waals surface area contributed by atoms with Crippen molar-refractivity contribution in [3.63, 3.8) is 0 Å². The summed E-state index contributed by atoms with van der Waals surface area (Å²) >= 11 is 0. The van der Waals surface area contributed by atoms with Gasteiger partial charge in [-0.05, 0) is 24.6 Å². The number of benzene rings is 1. The van der Waals surface area contributed by atoms with Crippen LogP contribution in [0.2, 0.25) is 0 Å². The number of hydrogen-bond donors (Lipinski definition) is 3. The Labute approximate surface area is 136 Å². The number of ether oxygens (including phenoxy) is 1. The summed E-state index contributed by atoms with van der Waals surface area (Å²) in [6, 6.07) is 7.27. The lowest BCUT2D eigenvalue weighted by molar-refractivity contribution is -0.121. The number of aryl methyl sites for hydroxylation is 1. The predicted molar refractivity (Wildman–Crippen MR) is 87.1 cm³/mol. The first kappa shape index (κ1) is 17.1. The van der Waals surface area contributed by atoms with Crippen LogP contribution >= 0.6 is 0 Å².